The van der Waals surface area contributed by atoms with Crippen LogP contribution in [0.2, 0.25) is 0 Å². The van der Waals surface area contributed by atoms with Crippen molar-refractivity contribution in [3.8, 4) is 11.5 Å². The Morgan fingerprint density at radius 3 is 2.60 bits per heavy atom. The predicted octanol–water partition coefficient (Wildman–Crippen LogP) is 4.80. The average Bonchev–Trinajstić information content (AvgIpc) is 2.70. The molecular weight excluding hydrogens is 412 g/mol. The summed E-state index contributed by atoms with van der Waals surface area (Å²) in [5, 5.41) is 5.05. The summed E-state index contributed by atoms with van der Waals surface area (Å²) in [6.45, 7) is 2.09. The second-order valence-electron chi connectivity index (χ2n) is 9.19. The summed E-state index contributed by atoms with van der Waals surface area (Å²) in [6, 6.07) is 3.60. The fourth-order valence-corrected chi connectivity index (χ4v) is 7.44. The van der Waals surface area contributed by atoms with Crippen LogP contribution >= 0.6 is 0 Å². The fraction of sp³-hybridized carbons (Fsp3) is 0.727. The van der Waals surface area contributed by atoms with Crippen molar-refractivity contribution in [3.05, 3.63) is 23.3 Å². The molecule has 5 atom stereocenters. The molecule has 0 heterocycles. The summed E-state index contributed by atoms with van der Waals surface area (Å²) in [7, 11) is -2.68. The highest BCUT2D eigenvalue weighted by Gasteiger charge is 2.56. The molecule has 1 aromatic carbocycles. The topological polar surface area (TPSA) is 78.6 Å². The lowest BCUT2D eigenvalue weighted by molar-refractivity contribution is -0.119. The number of hydrogen-bond acceptors (Lipinski definition) is 4. The monoisotopic (exact) mass is 443 g/mol. The average molecular weight is 444 g/mol. The molecule has 5 nitrogen and oxygen atoms in total. The van der Waals surface area contributed by atoms with Gasteiger partial charge in [0, 0.05) is 5.92 Å². The highest BCUT2D eigenvalue weighted by atomic mass is 32.2. The molecule has 0 saturated heterocycles. The second kappa shape index (κ2) is 7.93. The standard InChI is InChI=1S/C22H31F2NO4S/c1-3-22-10-9-14-15(17(22)5-4-6-18(22)21(23)24)8-7-13-11-20(29-30(25,26)27)19(28-2)12-16(13)14/h11-12,14-15,17-18,21H,3-10H2,1-2H3,(H2,25,26,27)/t14?,15?,17?,18-,22+/m1/s1. The lowest BCUT2D eigenvalue weighted by atomic mass is 9.46. The van der Waals surface area contributed by atoms with E-state index in [9.17, 15) is 17.2 Å². The van der Waals surface area contributed by atoms with Crippen molar-refractivity contribution >= 4 is 10.3 Å². The molecule has 0 spiro atoms. The molecule has 0 bridgehead atoms. The first-order valence-corrected chi connectivity index (χ1v) is 12.4. The second-order valence-corrected chi connectivity index (χ2v) is 10.3. The summed E-state index contributed by atoms with van der Waals surface area (Å²) in [4.78, 5) is 0. The summed E-state index contributed by atoms with van der Waals surface area (Å²) in [6.07, 6.45) is 4.51. The highest BCUT2D eigenvalue weighted by molar-refractivity contribution is 7.84. The molecule has 3 aliphatic carbocycles. The number of rotatable bonds is 5. The molecule has 8 heteroatoms. The fourth-order valence-electron chi connectivity index (χ4n) is 7.06. The van der Waals surface area contributed by atoms with Crippen molar-refractivity contribution in [3.63, 3.8) is 0 Å². The number of alkyl halides is 2. The zero-order valence-electron chi connectivity index (χ0n) is 17.6. The van der Waals surface area contributed by atoms with Crippen LogP contribution < -0.4 is 14.1 Å². The Hall–Kier alpha value is -1.41. The van der Waals surface area contributed by atoms with Gasteiger partial charge < -0.3 is 8.92 Å². The summed E-state index contributed by atoms with van der Waals surface area (Å²) in [5.74, 6) is 0.920. The van der Waals surface area contributed by atoms with E-state index < -0.39 is 22.6 Å². The summed E-state index contributed by atoms with van der Waals surface area (Å²) in [5.41, 5.74) is 1.93. The van der Waals surface area contributed by atoms with Crippen LogP contribution in [-0.4, -0.2) is 22.0 Å². The largest absolute Gasteiger partial charge is 0.493 e. The Labute approximate surface area is 177 Å². The molecule has 2 N–H and O–H groups in total. The molecule has 0 aromatic heterocycles. The molecule has 2 fully saturated rings. The smallest absolute Gasteiger partial charge is 0.380 e. The molecule has 4 rings (SSSR count). The number of benzene rings is 1. The van der Waals surface area contributed by atoms with Crippen LogP contribution in [0.3, 0.4) is 0 Å². The number of hydrogen-bond donors (Lipinski definition) is 1. The Kier molecular flexibility index (Phi) is 5.77. The number of halogens is 2. The van der Waals surface area contributed by atoms with E-state index in [2.05, 4.69) is 6.92 Å². The van der Waals surface area contributed by atoms with Gasteiger partial charge in [0.1, 0.15) is 0 Å². The van der Waals surface area contributed by atoms with Gasteiger partial charge in [-0.15, -0.1) is 0 Å². The minimum Gasteiger partial charge on any atom is -0.493 e. The molecule has 30 heavy (non-hydrogen) atoms. The number of methoxy groups -OCH3 is 1. The van der Waals surface area contributed by atoms with E-state index in [-0.39, 0.29) is 17.1 Å². The molecule has 2 saturated carbocycles. The number of ether oxygens (including phenoxy) is 1. The maximum atomic E-state index is 14.0. The zero-order chi connectivity index (χ0) is 21.7. The molecule has 0 aliphatic heterocycles. The van der Waals surface area contributed by atoms with E-state index in [1.54, 1.807) is 6.07 Å². The lowest BCUT2D eigenvalue weighted by Crippen LogP contribution is -2.51. The van der Waals surface area contributed by atoms with Gasteiger partial charge in [-0.2, -0.15) is 13.6 Å². The summed E-state index contributed by atoms with van der Waals surface area (Å²) < 4.78 is 61.1. The van der Waals surface area contributed by atoms with Crippen molar-refractivity contribution in [1.82, 2.24) is 0 Å². The molecule has 0 radical (unpaired) electrons. The van der Waals surface area contributed by atoms with Gasteiger partial charge in [-0.25, -0.2) is 8.78 Å². The number of fused-ring (bicyclic) bond motifs is 5. The van der Waals surface area contributed by atoms with Crippen LogP contribution in [0.4, 0.5) is 8.78 Å². The van der Waals surface area contributed by atoms with Crippen LogP contribution in [0.5, 0.6) is 11.5 Å². The molecule has 0 amide bonds. The Morgan fingerprint density at radius 2 is 1.97 bits per heavy atom. The van der Waals surface area contributed by atoms with Gasteiger partial charge in [0.25, 0.3) is 0 Å². The molecule has 3 unspecified atom stereocenters. The van der Waals surface area contributed by atoms with Crippen LogP contribution in [0, 0.1) is 23.2 Å². The van der Waals surface area contributed by atoms with Crippen molar-refractivity contribution in [2.45, 2.75) is 70.6 Å². The predicted molar refractivity (Wildman–Crippen MR) is 110 cm³/mol. The minimum atomic E-state index is -4.15. The maximum absolute atomic E-state index is 14.0. The Balaban J connectivity index is 1.70. The first-order chi connectivity index (χ1) is 14.2. The van der Waals surface area contributed by atoms with E-state index in [0.29, 0.717) is 24.0 Å². The van der Waals surface area contributed by atoms with Crippen LogP contribution in [0.15, 0.2) is 12.1 Å². The number of nitrogens with two attached hydrogens (primary N) is 1. The van der Waals surface area contributed by atoms with E-state index >= 15 is 0 Å². The molecular formula is C22H31F2NO4S. The van der Waals surface area contributed by atoms with Crippen molar-refractivity contribution < 1.29 is 26.1 Å². The first kappa shape index (κ1) is 21.8. The minimum absolute atomic E-state index is 0.103. The normalized spacial score (nSPS) is 33.4. The van der Waals surface area contributed by atoms with Gasteiger partial charge in [-0.1, -0.05) is 13.3 Å². The lowest BCUT2D eigenvalue weighted by Gasteiger charge is -2.58. The first-order valence-electron chi connectivity index (χ1n) is 10.9. The third-order valence-electron chi connectivity index (χ3n) is 8.20. The zero-order valence-corrected chi connectivity index (χ0v) is 18.4. The van der Waals surface area contributed by atoms with Gasteiger partial charge in [-0.3, -0.25) is 0 Å². The van der Waals surface area contributed by atoms with Gasteiger partial charge in [0.2, 0.25) is 6.43 Å². The maximum Gasteiger partial charge on any atom is 0.380 e. The van der Waals surface area contributed by atoms with Crippen LogP contribution in [0.25, 0.3) is 0 Å². The molecule has 3 aliphatic rings. The van der Waals surface area contributed by atoms with E-state index in [1.807, 2.05) is 6.07 Å². The van der Waals surface area contributed by atoms with E-state index in [1.165, 1.54) is 7.11 Å². The van der Waals surface area contributed by atoms with Gasteiger partial charge >= 0.3 is 10.3 Å². The highest BCUT2D eigenvalue weighted by Crippen LogP contribution is 2.64. The van der Waals surface area contributed by atoms with Gasteiger partial charge in [0.05, 0.1) is 7.11 Å². The molecule has 168 valence electrons. The third kappa shape index (κ3) is 3.60. The van der Waals surface area contributed by atoms with Crippen LogP contribution in [0.1, 0.15) is 68.9 Å². The quantitative estimate of drug-likeness (QED) is 0.709. The van der Waals surface area contributed by atoms with Gasteiger partial charge in [0.15, 0.2) is 11.5 Å². The van der Waals surface area contributed by atoms with Crippen LogP contribution in [-0.2, 0) is 16.7 Å². The van der Waals surface area contributed by atoms with E-state index in [4.69, 9.17) is 14.1 Å². The van der Waals surface area contributed by atoms with Gasteiger partial charge in [-0.05, 0) is 91.4 Å². The molecule has 1 aromatic rings. The third-order valence-corrected chi connectivity index (χ3v) is 8.61. The summed E-state index contributed by atoms with van der Waals surface area (Å²) >= 11 is 0. The van der Waals surface area contributed by atoms with Crippen molar-refractivity contribution in [1.29, 1.82) is 0 Å². The Bertz CT molecular complexity index is 907. The SMILES string of the molecule is CC[C@]12CCC3c4cc(OC)c(OS(N)(=O)=O)cc4CCC3C1CCC[C@@H]2C(F)F. The Morgan fingerprint density at radius 1 is 1.20 bits per heavy atom. The van der Waals surface area contributed by atoms with Crippen molar-refractivity contribution in [2.75, 3.05) is 7.11 Å². The van der Waals surface area contributed by atoms with Crippen molar-refractivity contribution in [2.24, 2.45) is 28.3 Å². The van der Waals surface area contributed by atoms with E-state index in [0.717, 1.165) is 56.1 Å². The number of aryl methyl sites for hydroxylation is 1.